The number of alkyl halides is 6. The van der Waals surface area contributed by atoms with Gasteiger partial charge in [0, 0.05) is 18.3 Å². The van der Waals surface area contributed by atoms with Crippen molar-refractivity contribution in [2.45, 2.75) is 61.7 Å². The molecule has 0 N–H and O–H groups in total. The van der Waals surface area contributed by atoms with Gasteiger partial charge >= 0.3 is 12.4 Å². The first-order valence-electron chi connectivity index (χ1n) is 15.7. The lowest BCUT2D eigenvalue weighted by Gasteiger charge is -2.35. The van der Waals surface area contributed by atoms with E-state index < -0.39 is 36.0 Å². The van der Waals surface area contributed by atoms with E-state index >= 15 is 0 Å². The zero-order chi connectivity index (χ0) is 32.2. The van der Waals surface area contributed by atoms with E-state index in [4.69, 9.17) is 0 Å². The fourth-order valence-corrected chi connectivity index (χ4v) is 8.23. The predicted molar refractivity (Wildman–Crippen MR) is 170 cm³/mol. The Morgan fingerprint density at radius 3 is 1.35 bits per heavy atom. The van der Waals surface area contributed by atoms with E-state index in [0.29, 0.717) is 0 Å². The highest BCUT2D eigenvalue weighted by atomic mass is 19.4. The second-order valence-electron chi connectivity index (χ2n) is 12.5. The summed E-state index contributed by atoms with van der Waals surface area (Å²) in [5, 5.41) is 0. The van der Waals surface area contributed by atoms with E-state index in [-0.39, 0.29) is 25.7 Å². The Morgan fingerprint density at radius 2 is 0.826 bits per heavy atom. The zero-order valence-corrected chi connectivity index (χ0v) is 25.1. The number of hydrogen-bond donors (Lipinski definition) is 0. The van der Waals surface area contributed by atoms with Gasteiger partial charge in [-0.1, -0.05) is 109 Å². The normalized spacial score (nSPS) is 15.6. The van der Waals surface area contributed by atoms with Crippen molar-refractivity contribution >= 4 is 0 Å². The number of rotatable bonds is 8. The van der Waals surface area contributed by atoms with Crippen molar-refractivity contribution in [1.29, 1.82) is 0 Å². The molecule has 0 spiro atoms. The van der Waals surface area contributed by atoms with Gasteiger partial charge < -0.3 is 0 Å². The molecular weight excluding hydrogens is 594 g/mol. The van der Waals surface area contributed by atoms with Crippen LogP contribution in [0.4, 0.5) is 26.3 Å². The van der Waals surface area contributed by atoms with Gasteiger partial charge in [0.2, 0.25) is 0 Å². The summed E-state index contributed by atoms with van der Waals surface area (Å²) in [5.41, 5.74) is 8.06. The SMILES string of the molecule is FC(F)(F)CCCC1(CCCC(F)(F)F)c2ccccc2-c2cc3c(cc21)-c1ccccc1C3(c1ccccc1)c1ccccc1. The van der Waals surface area contributed by atoms with Crippen LogP contribution in [-0.4, -0.2) is 12.4 Å². The number of halogens is 6. The Labute approximate surface area is 264 Å². The van der Waals surface area contributed by atoms with E-state index in [2.05, 4.69) is 48.5 Å². The molecule has 5 aromatic carbocycles. The van der Waals surface area contributed by atoms with Gasteiger partial charge in [-0.2, -0.15) is 26.3 Å². The molecule has 0 aliphatic heterocycles. The fraction of sp³-hybridized carbons (Fsp3) is 0.250. The summed E-state index contributed by atoms with van der Waals surface area (Å²) in [6.07, 6.45) is -10.8. The first-order valence-corrected chi connectivity index (χ1v) is 15.7. The van der Waals surface area contributed by atoms with Crippen LogP contribution in [0, 0.1) is 0 Å². The van der Waals surface area contributed by atoms with Crippen LogP contribution in [0.5, 0.6) is 0 Å². The lowest BCUT2D eigenvalue weighted by atomic mass is 9.67. The monoisotopic (exact) mass is 626 g/mol. The van der Waals surface area contributed by atoms with E-state index in [9.17, 15) is 26.3 Å². The van der Waals surface area contributed by atoms with Gasteiger partial charge in [-0.3, -0.25) is 0 Å². The third-order valence-electron chi connectivity index (χ3n) is 9.97. The predicted octanol–water partition coefficient (Wildman–Crippen LogP) is 11.8. The molecule has 0 nitrogen and oxygen atoms in total. The third-order valence-corrected chi connectivity index (χ3v) is 9.97. The lowest BCUT2D eigenvalue weighted by Crippen LogP contribution is -2.29. The van der Waals surface area contributed by atoms with Crippen LogP contribution >= 0.6 is 0 Å². The smallest absolute Gasteiger partial charge is 0.171 e. The Balaban J connectivity index is 1.51. The fourth-order valence-electron chi connectivity index (χ4n) is 8.23. The highest BCUT2D eigenvalue weighted by Crippen LogP contribution is 2.61. The molecule has 0 saturated carbocycles. The average Bonchev–Trinajstić information content (AvgIpc) is 3.47. The minimum atomic E-state index is -4.35. The third kappa shape index (κ3) is 4.94. The molecule has 234 valence electrons. The maximum atomic E-state index is 13.5. The van der Waals surface area contributed by atoms with Crippen molar-refractivity contribution in [3.8, 4) is 22.3 Å². The molecule has 7 rings (SSSR count). The summed E-state index contributed by atoms with van der Waals surface area (Å²) in [4.78, 5) is 0. The van der Waals surface area contributed by atoms with Gasteiger partial charge in [0.25, 0.3) is 0 Å². The molecule has 0 atom stereocenters. The van der Waals surface area contributed by atoms with Gasteiger partial charge in [-0.15, -0.1) is 0 Å². The Bertz CT molecular complexity index is 1810. The molecule has 0 amide bonds. The molecule has 0 radical (unpaired) electrons. The van der Waals surface area contributed by atoms with Gasteiger partial charge in [-0.25, -0.2) is 0 Å². The molecule has 0 fully saturated rings. The summed E-state index contributed by atoms with van der Waals surface area (Å²) < 4.78 is 80.8. The maximum Gasteiger partial charge on any atom is 0.389 e. The van der Waals surface area contributed by atoms with E-state index in [1.807, 2.05) is 72.8 Å². The molecule has 46 heavy (non-hydrogen) atoms. The quantitative estimate of drug-likeness (QED) is 0.148. The van der Waals surface area contributed by atoms with Crippen molar-refractivity contribution in [2.75, 3.05) is 0 Å². The summed E-state index contributed by atoms with van der Waals surface area (Å²) in [6, 6.07) is 40.6. The second kappa shape index (κ2) is 11.2. The number of benzene rings is 5. The van der Waals surface area contributed by atoms with Crippen molar-refractivity contribution < 1.29 is 26.3 Å². The molecule has 0 heterocycles. The lowest BCUT2D eigenvalue weighted by molar-refractivity contribution is -0.136. The van der Waals surface area contributed by atoms with Crippen LogP contribution in [0.3, 0.4) is 0 Å². The van der Waals surface area contributed by atoms with Gasteiger partial charge in [0.15, 0.2) is 0 Å². The van der Waals surface area contributed by atoms with E-state index in [1.165, 1.54) is 0 Å². The van der Waals surface area contributed by atoms with Crippen molar-refractivity contribution in [3.63, 3.8) is 0 Å². The van der Waals surface area contributed by atoms with Crippen molar-refractivity contribution in [3.05, 3.63) is 155 Å². The summed E-state index contributed by atoms with van der Waals surface area (Å²) in [7, 11) is 0. The highest BCUT2D eigenvalue weighted by Gasteiger charge is 2.50. The van der Waals surface area contributed by atoms with Crippen molar-refractivity contribution in [1.82, 2.24) is 0 Å². The number of fused-ring (bicyclic) bond motifs is 6. The van der Waals surface area contributed by atoms with Crippen LogP contribution in [-0.2, 0) is 10.8 Å². The molecule has 6 heteroatoms. The topological polar surface area (TPSA) is 0 Å². The first kappa shape index (κ1) is 30.3. The van der Waals surface area contributed by atoms with E-state index in [0.717, 1.165) is 55.6 Å². The molecule has 5 aromatic rings. The molecule has 2 aliphatic rings. The van der Waals surface area contributed by atoms with Crippen LogP contribution in [0.25, 0.3) is 22.3 Å². The van der Waals surface area contributed by atoms with Gasteiger partial charge in [-0.05, 0) is 93.5 Å². The summed E-state index contributed by atoms with van der Waals surface area (Å²) >= 11 is 0. The number of hydrogen-bond acceptors (Lipinski definition) is 0. The Kier molecular flexibility index (Phi) is 7.38. The molecule has 0 unspecified atom stereocenters. The Morgan fingerprint density at radius 1 is 0.413 bits per heavy atom. The largest absolute Gasteiger partial charge is 0.389 e. The summed E-state index contributed by atoms with van der Waals surface area (Å²) in [5.74, 6) is 0. The minimum absolute atomic E-state index is 0.108. The first-order chi connectivity index (χ1) is 22.0. The van der Waals surface area contributed by atoms with Gasteiger partial charge in [0.1, 0.15) is 0 Å². The molecule has 0 saturated heterocycles. The van der Waals surface area contributed by atoms with Crippen LogP contribution in [0.2, 0.25) is 0 Å². The molecule has 0 aromatic heterocycles. The summed E-state index contributed by atoms with van der Waals surface area (Å²) in [6.45, 7) is 0. The maximum absolute atomic E-state index is 13.5. The zero-order valence-electron chi connectivity index (χ0n) is 25.1. The standard InChI is InChI=1S/C40H32F6/c41-38(42,43)23-11-21-37(22-12-24-39(44,45)46)33-19-9-7-17-29(33)31-26-36-32(25-35(31)37)30-18-8-10-20-34(30)40(36,27-13-3-1-4-14-27)28-15-5-2-6-16-28/h1-10,13-20,25-26H,11-12,21-24H2. The minimum Gasteiger partial charge on any atom is -0.171 e. The van der Waals surface area contributed by atoms with Crippen molar-refractivity contribution in [2.24, 2.45) is 0 Å². The van der Waals surface area contributed by atoms with E-state index in [1.54, 1.807) is 0 Å². The highest BCUT2D eigenvalue weighted by molar-refractivity contribution is 5.92. The van der Waals surface area contributed by atoms with Crippen LogP contribution in [0.15, 0.2) is 121 Å². The van der Waals surface area contributed by atoms with Gasteiger partial charge in [0.05, 0.1) is 5.41 Å². The average molecular weight is 627 g/mol. The molecule has 2 aliphatic carbocycles. The molecular formula is C40H32F6. The second-order valence-corrected chi connectivity index (χ2v) is 12.5. The Hall–Kier alpha value is -4.32. The van der Waals surface area contributed by atoms with Crippen LogP contribution < -0.4 is 0 Å². The molecule has 0 bridgehead atoms. The van der Waals surface area contributed by atoms with Crippen LogP contribution in [0.1, 0.15) is 71.9 Å².